The number of hydrogen-bond donors (Lipinski definition) is 1. The largest absolute Gasteiger partial charge is 0.397 e. The molecule has 0 aliphatic heterocycles. The lowest BCUT2D eigenvalue weighted by Gasteiger charge is -2.23. The van der Waals surface area contributed by atoms with Crippen molar-refractivity contribution in [3.63, 3.8) is 0 Å². The third-order valence-corrected chi connectivity index (χ3v) is 3.37. The molecule has 1 aromatic carbocycles. The highest BCUT2D eigenvalue weighted by Crippen LogP contribution is 2.32. The van der Waals surface area contributed by atoms with Crippen LogP contribution in [0, 0.1) is 6.92 Å². The standard InChI is InChI=1S/C13H17ClN4/c1-9-11(14)4-5-12(15)13(9)17(2)7-10-6-16-18(3)8-10/h4-6,8H,7,15H2,1-3H3. The maximum Gasteiger partial charge on any atom is 0.0645 e. The number of nitrogens with two attached hydrogens (primary N) is 1. The van der Waals surface area contributed by atoms with Crippen LogP contribution in [-0.2, 0) is 13.6 Å². The van der Waals surface area contributed by atoms with Crippen molar-refractivity contribution >= 4 is 23.0 Å². The van der Waals surface area contributed by atoms with Gasteiger partial charge in [0.05, 0.1) is 17.6 Å². The Morgan fingerprint density at radius 1 is 1.44 bits per heavy atom. The Bertz CT molecular complexity index is 562. The molecule has 2 aromatic rings. The van der Waals surface area contributed by atoms with E-state index in [0.717, 1.165) is 34.1 Å². The molecule has 2 rings (SSSR count). The molecule has 0 bridgehead atoms. The van der Waals surface area contributed by atoms with E-state index >= 15 is 0 Å². The van der Waals surface area contributed by atoms with Gasteiger partial charge >= 0.3 is 0 Å². The second-order valence-electron chi connectivity index (χ2n) is 4.49. The zero-order valence-electron chi connectivity index (χ0n) is 10.8. The van der Waals surface area contributed by atoms with Gasteiger partial charge in [0.2, 0.25) is 0 Å². The van der Waals surface area contributed by atoms with Crippen LogP contribution in [0.1, 0.15) is 11.1 Å². The van der Waals surface area contributed by atoms with Crippen molar-refractivity contribution < 1.29 is 0 Å². The maximum absolute atomic E-state index is 6.14. The van der Waals surface area contributed by atoms with Crippen molar-refractivity contribution in [2.75, 3.05) is 17.7 Å². The van der Waals surface area contributed by atoms with Crippen LogP contribution < -0.4 is 10.6 Å². The average Bonchev–Trinajstić information content (AvgIpc) is 2.70. The number of aromatic nitrogens is 2. The summed E-state index contributed by atoms with van der Waals surface area (Å²) < 4.78 is 1.79. The summed E-state index contributed by atoms with van der Waals surface area (Å²) in [5.41, 5.74) is 9.89. The van der Waals surface area contributed by atoms with Crippen molar-refractivity contribution in [1.29, 1.82) is 0 Å². The summed E-state index contributed by atoms with van der Waals surface area (Å²) in [7, 11) is 3.91. The topological polar surface area (TPSA) is 47.1 Å². The highest BCUT2D eigenvalue weighted by molar-refractivity contribution is 6.31. The van der Waals surface area contributed by atoms with Crippen LogP contribution in [0.5, 0.6) is 0 Å². The van der Waals surface area contributed by atoms with Crippen LogP contribution in [0.4, 0.5) is 11.4 Å². The van der Waals surface area contributed by atoms with E-state index in [-0.39, 0.29) is 0 Å². The van der Waals surface area contributed by atoms with Crippen LogP contribution in [0.25, 0.3) is 0 Å². The summed E-state index contributed by atoms with van der Waals surface area (Å²) in [4.78, 5) is 2.09. The fraction of sp³-hybridized carbons (Fsp3) is 0.308. The van der Waals surface area contributed by atoms with Gasteiger partial charge in [0.15, 0.2) is 0 Å². The highest BCUT2D eigenvalue weighted by Gasteiger charge is 2.12. The Hall–Kier alpha value is -1.68. The lowest BCUT2D eigenvalue weighted by molar-refractivity contribution is 0.766. The molecule has 4 nitrogen and oxygen atoms in total. The summed E-state index contributed by atoms with van der Waals surface area (Å²) in [5, 5.41) is 4.89. The average molecular weight is 265 g/mol. The van der Waals surface area contributed by atoms with Crippen LogP contribution in [0.3, 0.4) is 0 Å². The second-order valence-corrected chi connectivity index (χ2v) is 4.90. The molecule has 0 saturated heterocycles. The molecule has 0 fully saturated rings. The Balaban J connectivity index is 2.28. The molecule has 1 aromatic heterocycles. The van der Waals surface area contributed by atoms with Crippen molar-refractivity contribution in [2.45, 2.75) is 13.5 Å². The summed E-state index contributed by atoms with van der Waals surface area (Å²) >= 11 is 6.14. The Morgan fingerprint density at radius 2 is 2.17 bits per heavy atom. The van der Waals surface area contributed by atoms with Gasteiger partial charge in [-0.3, -0.25) is 4.68 Å². The molecule has 0 unspecified atom stereocenters. The normalized spacial score (nSPS) is 10.7. The lowest BCUT2D eigenvalue weighted by Crippen LogP contribution is -2.18. The number of hydrogen-bond acceptors (Lipinski definition) is 3. The molecule has 1 heterocycles. The molecule has 96 valence electrons. The smallest absolute Gasteiger partial charge is 0.0645 e. The van der Waals surface area contributed by atoms with E-state index in [4.69, 9.17) is 17.3 Å². The first-order valence-electron chi connectivity index (χ1n) is 5.72. The minimum Gasteiger partial charge on any atom is -0.397 e. The zero-order valence-corrected chi connectivity index (χ0v) is 11.6. The monoisotopic (exact) mass is 264 g/mol. The fourth-order valence-electron chi connectivity index (χ4n) is 2.11. The van der Waals surface area contributed by atoms with Gasteiger partial charge in [-0.25, -0.2) is 0 Å². The molecule has 0 radical (unpaired) electrons. The SMILES string of the molecule is Cc1c(Cl)ccc(N)c1N(C)Cc1cnn(C)c1. The van der Waals surface area contributed by atoms with Crippen molar-refractivity contribution in [2.24, 2.45) is 7.05 Å². The number of nitrogens with zero attached hydrogens (tertiary/aromatic N) is 3. The van der Waals surface area contributed by atoms with Gasteiger partial charge < -0.3 is 10.6 Å². The predicted octanol–water partition coefficient (Wildman–Crippen LogP) is 2.60. The van der Waals surface area contributed by atoms with Crippen molar-refractivity contribution in [3.8, 4) is 0 Å². The molecule has 0 atom stereocenters. The fourth-order valence-corrected chi connectivity index (χ4v) is 2.26. The number of rotatable bonds is 3. The summed E-state index contributed by atoms with van der Waals surface area (Å²) in [6.07, 6.45) is 3.85. The maximum atomic E-state index is 6.14. The van der Waals surface area contributed by atoms with Gasteiger partial charge in [-0.15, -0.1) is 0 Å². The van der Waals surface area contributed by atoms with Crippen LogP contribution in [-0.4, -0.2) is 16.8 Å². The van der Waals surface area contributed by atoms with E-state index < -0.39 is 0 Å². The molecule has 0 aliphatic rings. The molecule has 0 amide bonds. The Kier molecular flexibility index (Phi) is 3.48. The molecule has 5 heteroatoms. The molecule has 0 spiro atoms. The third kappa shape index (κ3) is 2.43. The van der Waals surface area contributed by atoms with E-state index in [1.165, 1.54) is 0 Å². The van der Waals surface area contributed by atoms with Crippen LogP contribution in [0.2, 0.25) is 5.02 Å². The summed E-state index contributed by atoms with van der Waals surface area (Å²) in [6.45, 7) is 2.73. The number of nitrogen functional groups attached to an aromatic ring is 1. The predicted molar refractivity (Wildman–Crippen MR) is 75.9 cm³/mol. The summed E-state index contributed by atoms with van der Waals surface area (Å²) in [6, 6.07) is 3.66. The molecule has 0 saturated carbocycles. The number of benzene rings is 1. The second kappa shape index (κ2) is 4.90. The quantitative estimate of drug-likeness (QED) is 0.867. The van der Waals surface area contributed by atoms with Crippen molar-refractivity contribution in [1.82, 2.24) is 9.78 Å². The van der Waals surface area contributed by atoms with Gasteiger partial charge in [-0.1, -0.05) is 11.6 Å². The minimum atomic E-state index is 0.734. The van der Waals surface area contributed by atoms with Gasteiger partial charge in [-0.05, 0) is 24.6 Å². The van der Waals surface area contributed by atoms with Crippen LogP contribution in [0.15, 0.2) is 24.5 Å². The molecule has 2 N–H and O–H groups in total. The van der Waals surface area contributed by atoms with Gasteiger partial charge in [-0.2, -0.15) is 5.10 Å². The van der Waals surface area contributed by atoms with Crippen molar-refractivity contribution in [3.05, 3.63) is 40.7 Å². The number of anilines is 2. The first-order chi connectivity index (χ1) is 8.49. The Labute approximate surface area is 112 Å². The van der Waals surface area contributed by atoms with Gasteiger partial charge in [0.25, 0.3) is 0 Å². The third-order valence-electron chi connectivity index (χ3n) is 2.96. The minimum absolute atomic E-state index is 0.734. The number of halogens is 1. The first kappa shape index (κ1) is 12.8. The first-order valence-corrected chi connectivity index (χ1v) is 6.10. The van der Waals surface area contributed by atoms with Gasteiger partial charge in [0.1, 0.15) is 0 Å². The molecule has 0 aliphatic carbocycles. The highest BCUT2D eigenvalue weighted by atomic mass is 35.5. The van der Waals surface area contributed by atoms with E-state index in [1.807, 2.05) is 45.5 Å². The van der Waals surface area contributed by atoms with E-state index in [0.29, 0.717) is 0 Å². The van der Waals surface area contributed by atoms with Gasteiger partial charge in [0, 0.05) is 37.4 Å². The van der Waals surface area contributed by atoms with E-state index in [1.54, 1.807) is 4.68 Å². The Morgan fingerprint density at radius 3 is 2.78 bits per heavy atom. The number of aryl methyl sites for hydroxylation is 1. The van der Waals surface area contributed by atoms with E-state index in [2.05, 4.69) is 10.00 Å². The van der Waals surface area contributed by atoms with Crippen LogP contribution >= 0.6 is 11.6 Å². The van der Waals surface area contributed by atoms with E-state index in [9.17, 15) is 0 Å². The lowest BCUT2D eigenvalue weighted by atomic mass is 10.1. The zero-order chi connectivity index (χ0) is 13.3. The summed E-state index contributed by atoms with van der Waals surface area (Å²) in [5.74, 6) is 0. The molecule has 18 heavy (non-hydrogen) atoms. The molecular formula is C13H17ClN4. The molecular weight excluding hydrogens is 248 g/mol.